The number of hydrogen-bond acceptors (Lipinski definition) is 3. The van der Waals surface area contributed by atoms with Crippen LogP contribution >= 0.6 is 11.3 Å². The van der Waals surface area contributed by atoms with Crippen molar-refractivity contribution < 1.29 is 4.21 Å². The normalized spacial score (nSPS) is 12.4. The summed E-state index contributed by atoms with van der Waals surface area (Å²) >= 11 is 1.78. The Kier molecular flexibility index (Phi) is 4.36. The molecule has 0 saturated carbocycles. The number of benzene rings is 2. The number of nitrogens with one attached hydrogen (secondary N) is 1. The van der Waals surface area contributed by atoms with E-state index in [2.05, 4.69) is 47.1 Å². The molecule has 0 fully saturated rings. The van der Waals surface area contributed by atoms with Gasteiger partial charge in [0.1, 0.15) is 0 Å². The molecule has 108 valence electrons. The standard InChI is InChI=1S/C17H17NOS2/c1-21(19)12-13-5-4-6-15(9-13)18-10-14-11-20-17-8-3-2-7-16(14)17/h2-9,11,18H,10,12H2,1H3/t21-/m0/s1. The highest BCUT2D eigenvalue weighted by Gasteiger charge is 2.03. The van der Waals surface area contributed by atoms with Crippen molar-refractivity contribution in [1.82, 2.24) is 0 Å². The Hall–Kier alpha value is -1.65. The Bertz CT molecular complexity index is 779. The van der Waals surface area contributed by atoms with Crippen molar-refractivity contribution in [3.63, 3.8) is 0 Å². The summed E-state index contributed by atoms with van der Waals surface area (Å²) in [6.07, 6.45) is 1.73. The maximum absolute atomic E-state index is 11.3. The third-order valence-electron chi connectivity index (χ3n) is 3.34. The van der Waals surface area contributed by atoms with Crippen LogP contribution in [0, 0.1) is 0 Å². The van der Waals surface area contributed by atoms with Gasteiger partial charge in [-0.2, -0.15) is 0 Å². The van der Waals surface area contributed by atoms with Gasteiger partial charge in [-0.05, 0) is 40.1 Å². The molecule has 0 radical (unpaired) electrons. The summed E-state index contributed by atoms with van der Waals surface area (Å²) < 4.78 is 12.6. The third-order valence-corrected chi connectivity index (χ3v) is 5.09. The highest BCUT2D eigenvalue weighted by Crippen LogP contribution is 2.26. The van der Waals surface area contributed by atoms with E-state index in [0.29, 0.717) is 5.75 Å². The van der Waals surface area contributed by atoms with E-state index in [0.717, 1.165) is 17.8 Å². The molecule has 1 aromatic heterocycles. The van der Waals surface area contributed by atoms with Gasteiger partial charge in [0.25, 0.3) is 0 Å². The Morgan fingerprint density at radius 1 is 1.14 bits per heavy atom. The fourth-order valence-electron chi connectivity index (χ4n) is 2.37. The summed E-state index contributed by atoms with van der Waals surface area (Å²) in [4.78, 5) is 0. The first-order chi connectivity index (χ1) is 10.2. The van der Waals surface area contributed by atoms with Crippen LogP contribution in [0.5, 0.6) is 0 Å². The van der Waals surface area contributed by atoms with E-state index in [1.54, 1.807) is 17.6 Å². The van der Waals surface area contributed by atoms with Gasteiger partial charge in [0.05, 0.1) is 0 Å². The maximum Gasteiger partial charge on any atom is 0.0483 e. The number of hydrogen-bond donors (Lipinski definition) is 1. The molecule has 0 aliphatic carbocycles. The van der Waals surface area contributed by atoms with Crippen LogP contribution in [-0.4, -0.2) is 10.5 Å². The molecule has 0 spiro atoms. The predicted octanol–water partition coefficient (Wildman–Crippen LogP) is 4.39. The fourth-order valence-corrected chi connectivity index (χ4v) is 3.98. The van der Waals surface area contributed by atoms with E-state index in [4.69, 9.17) is 0 Å². The lowest BCUT2D eigenvalue weighted by Gasteiger charge is -2.07. The van der Waals surface area contributed by atoms with Crippen LogP contribution < -0.4 is 5.32 Å². The molecular weight excluding hydrogens is 298 g/mol. The van der Waals surface area contributed by atoms with Crippen LogP contribution in [0.25, 0.3) is 10.1 Å². The van der Waals surface area contributed by atoms with Crippen molar-refractivity contribution in [2.75, 3.05) is 11.6 Å². The van der Waals surface area contributed by atoms with Crippen LogP contribution in [0.3, 0.4) is 0 Å². The Morgan fingerprint density at radius 2 is 2.00 bits per heavy atom. The molecule has 0 aliphatic rings. The number of anilines is 1. The molecule has 2 aromatic carbocycles. The molecule has 3 rings (SSSR count). The van der Waals surface area contributed by atoms with Crippen molar-refractivity contribution in [3.05, 3.63) is 65.0 Å². The molecule has 0 amide bonds. The van der Waals surface area contributed by atoms with Crippen molar-refractivity contribution in [2.45, 2.75) is 12.3 Å². The summed E-state index contributed by atoms with van der Waals surface area (Å²) in [6.45, 7) is 0.808. The highest BCUT2D eigenvalue weighted by molar-refractivity contribution is 7.83. The van der Waals surface area contributed by atoms with Crippen molar-refractivity contribution >= 4 is 37.9 Å². The van der Waals surface area contributed by atoms with Crippen LogP contribution in [0.1, 0.15) is 11.1 Å². The van der Waals surface area contributed by atoms with E-state index in [1.165, 1.54) is 15.6 Å². The summed E-state index contributed by atoms with van der Waals surface area (Å²) in [5, 5.41) is 6.99. The minimum absolute atomic E-state index is 0.608. The topological polar surface area (TPSA) is 29.1 Å². The molecule has 0 saturated heterocycles. The lowest BCUT2D eigenvalue weighted by molar-refractivity contribution is 0.686. The quantitative estimate of drug-likeness (QED) is 0.756. The van der Waals surface area contributed by atoms with Gasteiger partial charge in [0.15, 0.2) is 0 Å². The number of rotatable bonds is 5. The average Bonchev–Trinajstić information content (AvgIpc) is 2.88. The van der Waals surface area contributed by atoms with Gasteiger partial charge in [-0.3, -0.25) is 4.21 Å². The van der Waals surface area contributed by atoms with Crippen molar-refractivity contribution in [1.29, 1.82) is 0 Å². The van der Waals surface area contributed by atoms with Crippen molar-refractivity contribution in [2.24, 2.45) is 0 Å². The van der Waals surface area contributed by atoms with Crippen LogP contribution in [-0.2, 0) is 23.1 Å². The van der Waals surface area contributed by atoms with Crippen LogP contribution in [0.15, 0.2) is 53.9 Å². The summed E-state index contributed by atoms with van der Waals surface area (Å²) in [5.74, 6) is 0.608. The van der Waals surface area contributed by atoms with Gasteiger partial charge < -0.3 is 5.32 Å². The summed E-state index contributed by atoms with van der Waals surface area (Å²) in [7, 11) is -0.803. The second-order valence-electron chi connectivity index (χ2n) is 5.03. The second-order valence-corrected chi connectivity index (χ2v) is 7.37. The van der Waals surface area contributed by atoms with Crippen LogP contribution in [0.4, 0.5) is 5.69 Å². The zero-order chi connectivity index (χ0) is 14.7. The molecule has 1 N–H and O–H groups in total. The zero-order valence-electron chi connectivity index (χ0n) is 11.8. The first kappa shape index (κ1) is 14.3. The predicted molar refractivity (Wildman–Crippen MR) is 93.4 cm³/mol. The molecule has 3 aromatic rings. The lowest BCUT2D eigenvalue weighted by Crippen LogP contribution is -2.00. The lowest BCUT2D eigenvalue weighted by atomic mass is 10.1. The van der Waals surface area contributed by atoms with Crippen molar-refractivity contribution in [3.8, 4) is 0 Å². The summed E-state index contributed by atoms with van der Waals surface area (Å²) in [5.41, 5.74) is 3.50. The molecule has 1 heterocycles. The van der Waals surface area contributed by atoms with Gasteiger partial charge >= 0.3 is 0 Å². The average molecular weight is 315 g/mol. The Labute approximate surface area is 131 Å². The molecule has 21 heavy (non-hydrogen) atoms. The minimum atomic E-state index is -0.803. The third kappa shape index (κ3) is 3.52. The SMILES string of the molecule is C[S@](=O)Cc1cccc(NCc2csc3ccccc23)c1. The van der Waals surface area contributed by atoms with E-state index >= 15 is 0 Å². The molecule has 0 unspecified atom stereocenters. The molecular formula is C17H17NOS2. The Balaban J connectivity index is 1.74. The minimum Gasteiger partial charge on any atom is -0.381 e. The maximum atomic E-state index is 11.3. The summed E-state index contributed by atoms with van der Waals surface area (Å²) in [6, 6.07) is 16.6. The first-order valence-corrected chi connectivity index (χ1v) is 9.41. The van der Waals surface area contributed by atoms with Gasteiger partial charge in [0.2, 0.25) is 0 Å². The van der Waals surface area contributed by atoms with Gasteiger partial charge in [-0.15, -0.1) is 11.3 Å². The molecule has 1 atom stereocenters. The number of fused-ring (bicyclic) bond motifs is 1. The largest absolute Gasteiger partial charge is 0.381 e. The second kappa shape index (κ2) is 6.41. The first-order valence-electron chi connectivity index (χ1n) is 6.80. The van der Waals surface area contributed by atoms with Gasteiger partial charge in [0, 0.05) is 39.7 Å². The molecule has 4 heteroatoms. The van der Waals surface area contributed by atoms with E-state index in [9.17, 15) is 4.21 Å². The number of thiophene rings is 1. The molecule has 0 bridgehead atoms. The fraction of sp³-hybridized carbons (Fsp3) is 0.176. The van der Waals surface area contributed by atoms with E-state index in [1.807, 2.05) is 12.1 Å². The molecule has 0 aliphatic heterocycles. The highest BCUT2D eigenvalue weighted by atomic mass is 32.2. The van der Waals surface area contributed by atoms with Gasteiger partial charge in [-0.1, -0.05) is 30.3 Å². The van der Waals surface area contributed by atoms with E-state index in [-0.39, 0.29) is 0 Å². The van der Waals surface area contributed by atoms with Gasteiger partial charge in [-0.25, -0.2) is 0 Å². The Morgan fingerprint density at radius 3 is 2.86 bits per heavy atom. The zero-order valence-corrected chi connectivity index (χ0v) is 13.5. The van der Waals surface area contributed by atoms with E-state index < -0.39 is 10.8 Å². The van der Waals surface area contributed by atoms with Crippen LogP contribution in [0.2, 0.25) is 0 Å². The smallest absolute Gasteiger partial charge is 0.0483 e. The molecule has 2 nitrogen and oxygen atoms in total. The monoisotopic (exact) mass is 315 g/mol.